The summed E-state index contributed by atoms with van der Waals surface area (Å²) >= 11 is 0. The van der Waals surface area contributed by atoms with E-state index in [0.29, 0.717) is 0 Å². The van der Waals surface area contributed by atoms with Crippen LogP contribution in [-0.4, -0.2) is 59.3 Å². The van der Waals surface area contributed by atoms with E-state index in [1.54, 1.807) is 18.7 Å². The number of aromatic amines is 1. The summed E-state index contributed by atoms with van der Waals surface area (Å²) in [7, 11) is -4.64. The second-order valence-electron chi connectivity index (χ2n) is 2.29. The Balaban J connectivity index is 0. The highest BCUT2D eigenvalue weighted by molar-refractivity contribution is 7.45. The van der Waals surface area contributed by atoms with Gasteiger partial charge in [0.15, 0.2) is 0 Å². The number of rotatable bonds is 2. The molecule has 0 saturated carbocycles. The maximum Gasteiger partial charge on any atom is 0.466 e. The Bertz CT molecular complexity index is 232. The lowest BCUT2D eigenvalue weighted by Crippen LogP contribution is -2.15. The number of aliphatic hydroxyl groups is 3. The average Bonchev–Trinajstić information content (AvgIpc) is 2.71. The molecule has 0 bridgehead atoms. The minimum Gasteiger partial charge on any atom is -0.394 e. The summed E-state index contributed by atoms with van der Waals surface area (Å²) in [6.45, 7) is -0.729. The largest absolute Gasteiger partial charge is 0.466 e. The number of aromatic nitrogens is 2. The van der Waals surface area contributed by atoms with E-state index in [2.05, 4.69) is 9.97 Å². The van der Waals surface area contributed by atoms with Crippen LogP contribution in [0.15, 0.2) is 18.7 Å². The van der Waals surface area contributed by atoms with E-state index in [4.69, 9.17) is 34.6 Å². The van der Waals surface area contributed by atoms with Crippen molar-refractivity contribution in [1.82, 2.24) is 9.97 Å². The van der Waals surface area contributed by atoms with Crippen LogP contribution in [0.4, 0.5) is 0 Å². The molecule has 1 aromatic heterocycles. The molecule has 16 heavy (non-hydrogen) atoms. The summed E-state index contributed by atoms with van der Waals surface area (Å²) < 4.78 is 8.88. The van der Waals surface area contributed by atoms with Crippen LogP contribution in [0.3, 0.4) is 0 Å². The predicted molar refractivity (Wildman–Crippen MR) is 53.0 cm³/mol. The van der Waals surface area contributed by atoms with Crippen molar-refractivity contribution >= 4 is 7.82 Å². The molecule has 0 amide bonds. The third-order valence-electron chi connectivity index (χ3n) is 0.827. The molecule has 0 aliphatic carbocycles. The highest BCUT2D eigenvalue weighted by Crippen LogP contribution is 2.25. The number of nitrogens with one attached hydrogen (secondary N) is 1. The van der Waals surface area contributed by atoms with Crippen LogP contribution in [-0.2, 0) is 4.57 Å². The monoisotopic (exact) mass is 258 g/mol. The van der Waals surface area contributed by atoms with Crippen LogP contribution in [0.2, 0.25) is 0 Å². The summed E-state index contributed by atoms with van der Waals surface area (Å²) in [5, 5.41) is 24.0. The number of phosphoric acid groups is 1. The summed E-state index contributed by atoms with van der Waals surface area (Å²) in [6, 6.07) is 0. The summed E-state index contributed by atoms with van der Waals surface area (Å²) in [4.78, 5) is 28.0. The van der Waals surface area contributed by atoms with Gasteiger partial charge in [-0.3, -0.25) is 0 Å². The number of imidazole rings is 1. The molecule has 0 fully saturated rings. The van der Waals surface area contributed by atoms with E-state index in [-0.39, 0.29) is 13.2 Å². The van der Waals surface area contributed by atoms with Gasteiger partial charge in [0.1, 0.15) is 6.10 Å². The van der Waals surface area contributed by atoms with Crippen LogP contribution < -0.4 is 0 Å². The highest BCUT2D eigenvalue weighted by atomic mass is 31.2. The fraction of sp³-hybridized carbons (Fsp3) is 0.500. The normalized spacial score (nSPS) is 9.94. The maximum absolute atomic E-state index is 8.88. The molecule has 0 saturated heterocycles. The minimum atomic E-state index is -4.64. The Hall–Kier alpha value is -0.800. The van der Waals surface area contributed by atoms with Gasteiger partial charge in [-0.25, -0.2) is 9.55 Å². The molecule has 0 spiro atoms. The molecule has 0 aromatic carbocycles. The quantitative estimate of drug-likeness (QED) is 0.294. The Morgan fingerprint density at radius 1 is 1.25 bits per heavy atom. The van der Waals surface area contributed by atoms with Crippen LogP contribution in [0.25, 0.3) is 0 Å². The highest BCUT2D eigenvalue weighted by Gasteiger charge is 2.00. The third kappa shape index (κ3) is 29.2. The molecule has 0 atom stereocenters. The molecule has 7 N–H and O–H groups in total. The molecule has 9 nitrogen and oxygen atoms in total. The van der Waals surface area contributed by atoms with Gasteiger partial charge in [0.25, 0.3) is 0 Å². The number of hydrogen-bond acceptors (Lipinski definition) is 5. The van der Waals surface area contributed by atoms with Gasteiger partial charge >= 0.3 is 7.82 Å². The van der Waals surface area contributed by atoms with Gasteiger partial charge in [0.05, 0.1) is 19.5 Å². The molecule has 0 aliphatic heterocycles. The van der Waals surface area contributed by atoms with E-state index in [1.807, 2.05) is 0 Å². The number of aliphatic hydroxyl groups excluding tert-OH is 3. The van der Waals surface area contributed by atoms with E-state index in [0.717, 1.165) is 0 Å². The zero-order valence-corrected chi connectivity index (χ0v) is 9.10. The molecule has 1 aromatic rings. The van der Waals surface area contributed by atoms with Gasteiger partial charge in [-0.1, -0.05) is 0 Å². The van der Waals surface area contributed by atoms with Gasteiger partial charge in [0.2, 0.25) is 0 Å². The first-order valence-corrected chi connectivity index (χ1v) is 5.48. The smallest absolute Gasteiger partial charge is 0.394 e. The standard InChI is InChI=1S/C3H4N2.C3H8O3.H3O4P/c1-2-5-3-4-1;4-1-3(6)2-5;1-5(2,3)4/h1-3H,(H,4,5);3-6H,1-2H2;(H3,1,2,3,4). The second-order valence-corrected chi connectivity index (χ2v) is 3.32. The lowest BCUT2D eigenvalue weighted by Gasteiger charge is -1.96. The minimum absolute atomic E-state index is 0.365. The van der Waals surface area contributed by atoms with Crippen molar-refractivity contribution < 1.29 is 34.6 Å². The molecule has 1 rings (SSSR count). The molecular weight excluding hydrogens is 243 g/mol. The Labute approximate surface area is 91.3 Å². The Kier molecular flexibility index (Phi) is 11.8. The van der Waals surface area contributed by atoms with Crippen LogP contribution in [0.1, 0.15) is 0 Å². The molecule has 0 radical (unpaired) electrons. The fourth-order valence-electron chi connectivity index (χ4n) is 0.273. The van der Waals surface area contributed by atoms with E-state index < -0.39 is 13.9 Å². The third-order valence-corrected chi connectivity index (χ3v) is 0.827. The van der Waals surface area contributed by atoms with Crippen molar-refractivity contribution in [2.45, 2.75) is 6.10 Å². The molecule has 0 unspecified atom stereocenters. The molecule has 0 aliphatic rings. The van der Waals surface area contributed by atoms with E-state index >= 15 is 0 Å². The predicted octanol–water partition coefficient (Wildman–Crippen LogP) is -2.19. The lowest BCUT2D eigenvalue weighted by atomic mass is 10.4. The van der Waals surface area contributed by atoms with Gasteiger partial charge < -0.3 is 35.0 Å². The van der Waals surface area contributed by atoms with Crippen molar-refractivity contribution in [3.63, 3.8) is 0 Å². The Morgan fingerprint density at radius 2 is 1.69 bits per heavy atom. The van der Waals surface area contributed by atoms with Gasteiger partial charge in [-0.15, -0.1) is 0 Å². The van der Waals surface area contributed by atoms with E-state index in [1.165, 1.54) is 0 Å². The molecule has 10 heteroatoms. The van der Waals surface area contributed by atoms with Crippen molar-refractivity contribution in [2.75, 3.05) is 13.2 Å². The molecule has 1 heterocycles. The second kappa shape index (κ2) is 10.7. The summed E-state index contributed by atoms with van der Waals surface area (Å²) in [5.41, 5.74) is 0. The zero-order valence-electron chi connectivity index (χ0n) is 8.21. The van der Waals surface area contributed by atoms with E-state index in [9.17, 15) is 0 Å². The van der Waals surface area contributed by atoms with Gasteiger partial charge in [-0.2, -0.15) is 0 Å². The summed E-state index contributed by atoms with van der Waals surface area (Å²) in [5.74, 6) is 0. The zero-order chi connectivity index (χ0) is 13.0. The van der Waals surface area contributed by atoms with Crippen LogP contribution >= 0.6 is 7.82 Å². The SMILES string of the molecule is O=P(O)(O)O.OCC(O)CO.c1c[nH]cn1. The number of H-pyrrole nitrogens is 1. The van der Waals surface area contributed by atoms with Gasteiger partial charge in [0, 0.05) is 12.4 Å². The van der Waals surface area contributed by atoms with Crippen LogP contribution in [0, 0.1) is 0 Å². The first-order valence-electron chi connectivity index (χ1n) is 3.92. The Morgan fingerprint density at radius 3 is 1.75 bits per heavy atom. The first kappa shape index (κ1) is 17.6. The van der Waals surface area contributed by atoms with Crippen molar-refractivity contribution in [3.8, 4) is 0 Å². The fourth-order valence-corrected chi connectivity index (χ4v) is 0.273. The van der Waals surface area contributed by atoms with Gasteiger partial charge in [-0.05, 0) is 0 Å². The lowest BCUT2D eigenvalue weighted by molar-refractivity contribution is 0.0450. The maximum atomic E-state index is 8.88. The number of nitrogens with zero attached hydrogens (tertiary/aromatic N) is 1. The summed E-state index contributed by atoms with van der Waals surface area (Å²) in [6.07, 6.45) is 4.13. The van der Waals surface area contributed by atoms with Crippen molar-refractivity contribution in [3.05, 3.63) is 18.7 Å². The van der Waals surface area contributed by atoms with Crippen LogP contribution in [0.5, 0.6) is 0 Å². The molecule has 96 valence electrons. The molecular formula is C6H15N2O7P. The van der Waals surface area contributed by atoms with Crippen molar-refractivity contribution in [2.24, 2.45) is 0 Å². The number of hydrogen-bond donors (Lipinski definition) is 7. The van der Waals surface area contributed by atoms with Crippen molar-refractivity contribution in [1.29, 1.82) is 0 Å². The topological polar surface area (TPSA) is 167 Å². The average molecular weight is 258 g/mol. The first-order chi connectivity index (χ1) is 7.31.